The topological polar surface area (TPSA) is 75.7 Å². The second-order valence-electron chi connectivity index (χ2n) is 5.42. The summed E-state index contributed by atoms with van der Waals surface area (Å²) in [4.78, 5) is 12.7. The van der Waals surface area contributed by atoms with E-state index in [2.05, 4.69) is 21.2 Å². The summed E-state index contributed by atoms with van der Waals surface area (Å²) in [6, 6.07) is 11.4. The van der Waals surface area contributed by atoms with E-state index in [1.807, 2.05) is 6.07 Å². The lowest BCUT2D eigenvalue weighted by Gasteiger charge is -2.19. The van der Waals surface area contributed by atoms with Gasteiger partial charge in [0.25, 0.3) is 5.91 Å². The first-order chi connectivity index (χ1) is 12.3. The fraction of sp³-hybridized carbons (Fsp3) is 0.278. The molecule has 0 unspecified atom stereocenters. The van der Waals surface area contributed by atoms with E-state index in [4.69, 9.17) is 4.74 Å². The maximum absolute atomic E-state index is 12.7. The monoisotopic (exact) mass is 440 g/mol. The van der Waals surface area contributed by atoms with Gasteiger partial charge in [-0.1, -0.05) is 35.8 Å². The highest BCUT2D eigenvalue weighted by molar-refractivity contribution is 9.10. The molecule has 2 rings (SSSR count). The number of methoxy groups -OCH3 is 1. The molecule has 0 atom stereocenters. The molecule has 0 saturated heterocycles. The van der Waals surface area contributed by atoms with Crippen molar-refractivity contribution in [2.45, 2.75) is 18.7 Å². The molecule has 0 aliphatic heterocycles. The van der Waals surface area contributed by atoms with Gasteiger partial charge in [0.1, 0.15) is 5.75 Å². The van der Waals surface area contributed by atoms with Gasteiger partial charge in [-0.3, -0.25) is 4.79 Å². The number of sulfonamides is 1. The van der Waals surface area contributed by atoms with Gasteiger partial charge in [0.15, 0.2) is 0 Å². The SMILES string of the molecule is CCN(CC)S(=O)(=O)c1ccc(OC)c(C(=O)Nc2cccc(Br)c2)c1. The summed E-state index contributed by atoms with van der Waals surface area (Å²) in [6.07, 6.45) is 0. The Morgan fingerprint density at radius 2 is 1.85 bits per heavy atom. The van der Waals surface area contributed by atoms with Gasteiger partial charge in [0, 0.05) is 23.2 Å². The number of carbonyl (C=O) groups excluding carboxylic acids is 1. The van der Waals surface area contributed by atoms with Gasteiger partial charge in [0.2, 0.25) is 10.0 Å². The molecule has 1 N–H and O–H groups in total. The van der Waals surface area contributed by atoms with E-state index in [0.717, 1.165) is 4.47 Å². The van der Waals surface area contributed by atoms with Gasteiger partial charge in [-0.15, -0.1) is 0 Å². The molecular formula is C18H21BrN2O4S. The Labute approximate surface area is 162 Å². The zero-order valence-corrected chi connectivity index (χ0v) is 17.2. The zero-order valence-electron chi connectivity index (χ0n) is 14.8. The van der Waals surface area contributed by atoms with Crippen LogP contribution in [0, 0.1) is 0 Å². The minimum atomic E-state index is -3.67. The summed E-state index contributed by atoms with van der Waals surface area (Å²) >= 11 is 3.35. The summed E-state index contributed by atoms with van der Waals surface area (Å²) in [5.74, 6) is -0.146. The summed E-state index contributed by atoms with van der Waals surface area (Å²) in [5, 5.41) is 2.75. The molecule has 1 amide bonds. The third-order valence-electron chi connectivity index (χ3n) is 3.84. The summed E-state index contributed by atoms with van der Waals surface area (Å²) < 4.78 is 32.8. The van der Waals surface area contributed by atoms with E-state index in [1.165, 1.54) is 29.6 Å². The van der Waals surface area contributed by atoms with Crippen molar-refractivity contribution in [2.24, 2.45) is 0 Å². The molecule has 0 fully saturated rings. The van der Waals surface area contributed by atoms with Crippen molar-refractivity contribution in [1.82, 2.24) is 4.31 Å². The Hall–Kier alpha value is -1.90. The lowest BCUT2D eigenvalue weighted by atomic mass is 10.2. The minimum Gasteiger partial charge on any atom is -0.496 e. The number of halogens is 1. The molecule has 2 aromatic carbocycles. The van der Waals surface area contributed by atoms with Crippen molar-refractivity contribution in [3.05, 3.63) is 52.5 Å². The Bertz CT molecular complexity index is 896. The number of amides is 1. The van der Waals surface area contributed by atoms with E-state index < -0.39 is 15.9 Å². The summed E-state index contributed by atoms with van der Waals surface area (Å²) in [5.41, 5.74) is 0.740. The van der Waals surface area contributed by atoms with Crippen LogP contribution in [0.1, 0.15) is 24.2 Å². The van der Waals surface area contributed by atoms with Crippen LogP contribution in [0.5, 0.6) is 5.75 Å². The smallest absolute Gasteiger partial charge is 0.259 e. The molecule has 8 heteroatoms. The van der Waals surface area contributed by atoms with Gasteiger partial charge >= 0.3 is 0 Å². The van der Waals surface area contributed by atoms with Crippen LogP contribution in [-0.4, -0.2) is 38.8 Å². The number of ether oxygens (including phenoxy) is 1. The average molecular weight is 441 g/mol. The number of rotatable bonds is 7. The predicted molar refractivity (Wildman–Crippen MR) is 105 cm³/mol. The van der Waals surface area contributed by atoms with Crippen molar-refractivity contribution >= 4 is 37.5 Å². The van der Waals surface area contributed by atoms with Crippen LogP contribution in [0.15, 0.2) is 51.8 Å². The molecule has 0 spiro atoms. The van der Waals surface area contributed by atoms with Crippen LogP contribution in [0.2, 0.25) is 0 Å². The number of hydrogen-bond donors (Lipinski definition) is 1. The number of nitrogens with one attached hydrogen (secondary N) is 1. The third kappa shape index (κ3) is 4.44. The molecule has 0 aromatic heterocycles. The van der Waals surface area contributed by atoms with E-state index in [-0.39, 0.29) is 10.5 Å². The van der Waals surface area contributed by atoms with Crippen LogP contribution in [0.3, 0.4) is 0 Å². The molecular weight excluding hydrogens is 420 g/mol. The highest BCUT2D eigenvalue weighted by atomic mass is 79.9. The predicted octanol–water partition coefficient (Wildman–Crippen LogP) is 3.74. The Kier molecular flexibility index (Phi) is 6.80. The van der Waals surface area contributed by atoms with E-state index in [1.54, 1.807) is 32.0 Å². The molecule has 0 aliphatic rings. The standard InChI is InChI=1S/C18H21BrN2O4S/c1-4-21(5-2)26(23,24)15-9-10-17(25-3)16(12-15)18(22)20-14-8-6-7-13(19)11-14/h6-12H,4-5H2,1-3H3,(H,20,22). The highest BCUT2D eigenvalue weighted by Crippen LogP contribution is 2.26. The molecule has 6 nitrogen and oxygen atoms in total. The van der Waals surface area contributed by atoms with E-state index in [9.17, 15) is 13.2 Å². The second kappa shape index (κ2) is 8.66. The summed E-state index contributed by atoms with van der Waals surface area (Å²) in [7, 11) is -2.24. The van der Waals surface area contributed by atoms with Crippen molar-refractivity contribution < 1.29 is 17.9 Å². The Balaban J connectivity index is 2.42. The van der Waals surface area contributed by atoms with Crippen molar-refractivity contribution in [2.75, 3.05) is 25.5 Å². The van der Waals surface area contributed by atoms with Crippen LogP contribution in [0.4, 0.5) is 5.69 Å². The molecule has 0 heterocycles. The summed E-state index contributed by atoms with van der Waals surface area (Å²) in [6.45, 7) is 4.24. The molecule has 26 heavy (non-hydrogen) atoms. The molecule has 0 saturated carbocycles. The number of anilines is 1. The van der Waals surface area contributed by atoms with Gasteiger partial charge in [0.05, 0.1) is 17.6 Å². The lowest BCUT2D eigenvalue weighted by molar-refractivity contribution is 0.102. The molecule has 0 radical (unpaired) electrons. The largest absolute Gasteiger partial charge is 0.496 e. The van der Waals surface area contributed by atoms with E-state index >= 15 is 0 Å². The van der Waals surface area contributed by atoms with Gasteiger partial charge < -0.3 is 10.1 Å². The van der Waals surface area contributed by atoms with Crippen molar-refractivity contribution in [3.8, 4) is 5.75 Å². The second-order valence-corrected chi connectivity index (χ2v) is 8.27. The molecule has 2 aromatic rings. The number of carbonyl (C=O) groups is 1. The first-order valence-corrected chi connectivity index (χ1v) is 10.3. The lowest BCUT2D eigenvalue weighted by Crippen LogP contribution is -2.30. The number of hydrogen-bond acceptors (Lipinski definition) is 4. The Morgan fingerprint density at radius 1 is 1.15 bits per heavy atom. The first kappa shape index (κ1) is 20.4. The van der Waals surface area contributed by atoms with Crippen LogP contribution in [-0.2, 0) is 10.0 Å². The highest BCUT2D eigenvalue weighted by Gasteiger charge is 2.24. The first-order valence-electron chi connectivity index (χ1n) is 8.08. The molecule has 0 aliphatic carbocycles. The fourth-order valence-corrected chi connectivity index (χ4v) is 4.39. The third-order valence-corrected chi connectivity index (χ3v) is 6.38. The molecule has 140 valence electrons. The van der Waals surface area contributed by atoms with Gasteiger partial charge in [-0.2, -0.15) is 4.31 Å². The zero-order chi connectivity index (χ0) is 19.3. The maximum atomic E-state index is 12.7. The fourth-order valence-electron chi connectivity index (χ4n) is 2.50. The van der Waals surface area contributed by atoms with E-state index in [0.29, 0.717) is 24.5 Å². The van der Waals surface area contributed by atoms with Crippen LogP contribution >= 0.6 is 15.9 Å². The average Bonchev–Trinajstić information content (AvgIpc) is 2.61. The molecule has 0 bridgehead atoms. The number of benzene rings is 2. The van der Waals surface area contributed by atoms with Gasteiger partial charge in [-0.05, 0) is 36.4 Å². The minimum absolute atomic E-state index is 0.0568. The van der Waals surface area contributed by atoms with Gasteiger partial charge in [-0.25, -0.2) is 8.42 Å². The number of nitrogens with zero attached hydrogens (tertiary/aromatic N) is 1. The van der Waals surface area contributed by atoms with Crippen LogP contribution in [0.25, 0.3) is 0 Å². The van der Waals surface area contributed by atoms with Crippen molar-refractivity contribution in [1.29, 1.82) is 0 Å². The van der Waals surface area contributed by atoms with Crippen LogP contribution < -0.4 is 10.1 Å². The maximum Gasteiger partial charge on any atom is 0.259 e. The quantitative estimate of drug-likeness (QED) is 0.711. The Morgan fingerprint density at radius 3 is 2.42 bits per heavy atom. The normalized spacial score (nSPS) is 11.4. The van der Waals surface area contributed by atoms with Crippen molar-refractivity contribution in [3.63, 3.8) is 0 Å².